The largest absolute Gasteiger partial charge is 0.388 e. The van der Waals surface area contributed by atoms with Crippen LogP contribution in [-0.4, -0.2) is 53.3 Å². The van der Waals surface area contributed by atoms with Crippen molar-refractivity contribution in [3.8, 4) is 11.3 Å². The molecule has 4 aromatic heterocycles. The fourth-order valence-electron chi connectivity index (χ4n) is 4.45. The van der Waals surface area contributed by atoms with E-state index in [2.05, 4.69) is 30.4 Å². The van der Waals surface area contributed by atoms with Crippen molar-refractivity contribution in [2.24, 2.45) is 0 Å². The van der Waals surface area contributed by atoms with E-state index >= 15 is 0 Å². The molecule has 1 aromatic carbocycles. The van der Waals surface area contributed by atoms with Crippen LogP contribution in [0.5, 0.6) is 0 Å². The van der Waals surface area contributed by atoms with E-state index in [1.165, 1.54) is 0 Å². The third-order valence-corrected chi connectivity index (χ3v) is 6.12. The molecule has 0 amide bonds. The van der Waals surface area contributed by atoms with Crippen LogP contribution < -0.4 is 10.2 Å². The highest BCUT2D eigenvalue weighted by Gasteiger charge is 2.28. The van der Waals surface area contributed by atoms with Gasteiger partial charge in [-0.25, -0.2) is 15.0 Å². The summed E-state index contributed by atoms with van der Waals surface area (Å²) in [6.07, 6.45) is 11.0. The van der Waals surface area contributed by atoms with Crippen molar-refractivity contribution in [3.63, 3.8) is 0 Å². The number of pyridine rings is 1. The zero-order chi connectivity index (χ0) is 22.4. The number of aliphatic hydroxyl groups is 1. The number of fused-ring (bicyclic) bond motifs is 2. The van der Waals surface area contributed by atoms with E-state index in [-0.39, 0.29) is 0 Å². The number of β-amino-alcohol motifs (C(OH)–C–C–N with tert-alkyl or cyclic N) is 1. The first-order valence-electron chi connectivity index (χ1n) is 11.0. The average molecular weight is 441 g/mol. The average Bonchev–Trinajstić information content (AvgIpc) is 3.48. The number of hydrogen-bond donors (Lipinski definition) is 3. The summed E-state index contributed by atoms with van der Waals surface area (Å²) in [6, 6.07) is 10.1. The van der Waals surface area contributed by atoms with Gasteiger partial charge in [-0.05, 0) is 38.0 Å². The summed E-state index contributed by atoms with van der Waals surface area (Å²) in [4.78, 5) is 16.1. The summed E-state index contributed by atoms with van der Waals surface area (Å²) in [7, 11) is 0. The lowest BCUT2D eigenvalue weighted by Crippen LogP contribution is -2.46. The van der Waals surface area contributed by atoms with Crippen LogP contribution in [0.2, 0.25) is 0 Å². The van der Waals surface area contributed by atoms with Crippen molar-refractivity contribution < 1.29 is 5.11 Å². The number of aromatic nitrogens is 6. The van der Waals surface area contributed by atoms with Gasteiger partial charge in [0.05, 0.1) is 34.9 Å². The monoisotopic (exact) mass is 440 g/mol. The molecular weight excluding hydrogens is 416 g/mol. The van der Waals surface area contributed by atoms with Crippen molar-refractivity contribution in [1.29, 1.82) is 0 Å². The second kappa shape index (κ2) is 7.56. The van der Waals surface area contributed by atoms with Crippen LogP contribution in [0, 0.1) is 0 Å². The van der Waals surface area contributed by atoms with Crippen molar-refractivity contribution in [3.05, 3.63) is 61.3 Å². The molecule has 1 fully saturated rings. The lowest BCUT2D eigenvalue weighted by Gasteiger charge is -2.37. The van der Waals surface area contributed by atoms with Gasteiger partial charge in [0.2, 0.25) is 0 Å². The Balaban J connectivity index is 1.31. The van der Waals surface area contributed by atoms with Gasteiger partial charge in [0.1, 0.15) is 5.82 Å². The molecule has 1 aliphatic heterocycles. The van der Waals surface area contributed by atoms with Crippen LogP contribution in [0.25, 0.3) is 27.8 Å². The van der Waals surface area contributed by atoms with Gasteiger partial charge in [-0.3, -0.25) is 5.10 Å². The van der Waals surface area contributed by atoms with Gasteiger partial charge in [0, 0.05) is 42.6 Å². The third-order valence-electron chi connectivity index (χ3n) is 6.12. The summed E-state index contributed by atoms with van der Waals surface area (Å²) in [5, 5.41) is 21.9. The summed E-state index contributed by atoms with van der Waals surface area (Å²) >= 11 is 0. The Hall–Kier alpha value is -3.98. The van der Waals surface area contributed by atoms with E-state index in [0.29, 0.717) is 12.4 Å². The van der Waals surface area contributed by atoms with Crippen molar-refractivity contribution >= 4 is 33.9 Å². The molecule has 9 heteroatoms. The van der Waals surface area contributed by atoms with Crippen LogP contribution in [0.4, 0.5) is 17.3 Å². The zero-order valence-electron chi connectivity index (χ0n) is 18.2. The van der Waals surface area contributed by atoms with Gasteiger partial charge in [-0.1, -0.05) is 12.1 Å². The van der Waals surface area contributed by atoms with Gasteiger partial charge in [-0.2, -0.15) is 5.10 Å². The highest BCUT2D eigenvalue weighted by Crippen LogP contribution is 2.28. The maximum absolute atomic E-state index is 10.4. The van der Waals surface area contributed by atoms with Gasteiger partial charge >= 0.3 is 0 Å². The molecule has 0 bridgehead atoms. The number of nitrogens with one attached hydrogen (secondary N) is 2. The number of hydrogen-bond acceptors (Lipinski definition) is 7. The molecular formula is C24H24N8O. The fraction of sp³-hybridized carbons (Fsp3) is 0.250. The minimum Gasteiger partial charge on any atom is -0.388 e. The predicted octanol–water partition coefficient (Wildman–Crippen LogP) is 3.76. The maximum Gasteiger partial charge on any atom is 0.180 e. The number of piperidine rings is 1. The topological polar surface area (TPSA) is 107 Å². The molecule has 5 aromatic rings. The molecule has 0 saturated carbocycles. The van der Waals surface area contributed by atoms with E-state index in [4.69, 9.17) is 4.98 Å². The lowest BCUT2D eigenvalue weighted by molar-refractivity contribution is 0.0447. The van der Waals surface area contributed by atoms with E-state index in [9.17, 15) is 5.11 Å². The van der Waals surface area contributed by atoms with Crippen LogP contribution in [0.1, 0.15) is 19.8 Å². The molecule has 1 atom stereocenters. The first-order valence-corrected chi connectivity index (χ1v) is 11.0. The molecule has 1 aliphatic rings. The number of imidazole rings is 1. The van der Waals surface area contributed by atoms with Crippen LogP contribution >= 0.6 is 0 Å². The number of rotatable bonds is 4. The third kappa shape index (κ3) is 3.76. The van der Waals surface area contributed by atoms with E-state index in [1.54, 1.807) is 18.6 Å². The number of anilines is 3. The second-order valence-electron chi connectivity index (χ2n) is 8.86. The van der Waals surface area contributed by atoms with Gasteiger partial charge in [-0.15, -0.1) is 0 Å². The van der Waals surface area contributed by atoms with Gasteiger partial charge in [0.15, 0.2) is 11.5 Å². The molecule has 9 nitrogen and oxygen atoms in total. The zero-order valence-corrected chi connectivity index (χ0v) is 18.2. The fourth-order valence-corrected chi connectivity index (χ4v) is 4.45. The van der Waals surface area contributed by atoms with Crippen LogP contribution in [-0.2, 0) is 0 Å². The van der Waals surface area contributed by atoms with Gasteiger partial charge < -0.3 is 19.7 Å². The quantitative estimate of drug-likeness (QED) is 0.391. The first-order chi connectivity index (χ1) is 16.0. The van der Waals surface area contributed by atoms with E-state index in [1.807, 2.05) is 54.0 Å². The molecule has 5 heterocycles. The number of aromatic amines is 1. The molecule has 0 spiro atoms. The van der Waals surface area contributed by atoms with Crippen molar-refractivity contribution in [2.45, 2.75) is 25.4 Å². The molecule has 0 aliphatic carbocycles. The Bertz CT molecular complexity index is 1440. The molecule has 0 radical (unpaired) electrons. The summed E-state index contributed by atoms with van der Waals surface area (Å²) in [5.41, 5.74) is 3.65. The normalized spacial score (nSPS) is 18.8. The molecule has 1 unspecified atom stereocenters. The molecule has 6 rings (SSSR count). The van der Waals surface area contributed by atoms with Crippen molar-refractivity contribution in [2.75, 3.05) is 23.3 Å². The Labute approximate surface area is 190 Å². The summed E-state index contributed by atoms with van der Waals surface area (Å²) in [6.45, 7) is 3.37. The number of nitrogens with zero attached hydrogens (tertiary/aromatic N) is 6. The second-order valence-corrected chi connectivity index (χ2v) is 8.86. The molecule has 1 saturated heterocycles. The number of benzene rings is 1. The highest BCUT2D eigenvalue weighted by molar-refractivity contribution is 5.84. The minimum absolute atomic E-state index is 0.589. The smallest absolute Gasteiger partial charge is 0.180 e. The molecule has 166 valence electrons. The van der Waals surface area contributed by atoms with Crippen molar-refractivity contribution in [1.82, 2.24) is 29.5 Å². The SMILES string of the molecule is CC1(O)CCCN(c2ccc(Nc3nc(-c4ccc5cn[nH]c5c4)cn4ccnc34)cn2)C1. The highest BCUT2D eigenvalue weighted by atomic mass is 16.3. The Morgan fingerprint density at radius 3 is 2.94 bits per heavy atom. The van der Waals surface area contributed by atoms with E-state index < -0.39 is 5.60 Å². The molecule has 3 N–H and O–H groups in total. The summed E-state index contributed by atoms with van der Waals surface area (Å²) in [5.74, 6) is 1.51. The Morgan fingerprint density at radius 2 is 2.09 bits per heavy atom. The lowest BCUT2D eigenvalue weighted by atomic mass is 9.95. The maximum atomic E-state index is 10.4. The predicted molar refractivity (Wildman–Crippen MR) is 128 cm³/mol. The van der Waals surface area contributed by atoms with Crippen LogP contribution in [0.15, 0.2) is 61.3 Å². The first kappa shape index (κ1) is 19.7. The van der Waals surface area contributed by atoms with Crippen LogP contribution in [0.3, 0.4) is 0 Å². The standard InChI is InChI=1S/C24H24N8O/c1-24(33)7-2-9-32(15-24)21-6-5-18(13-26-21)28-22-23-25-8-10-31(23)14-20(29-22)16-3-4-17-12-27-30-19(17)11-16/h3-6,8,10-14,33H,2,7,9,15H2,1H3,(H,27,30)(H,28,29). The van der Waals surface area contributed by atoms with Gasteiger partial charge in [0.25, 0.3) is 0 Å². The summed E-state index contributed by atoms with van der Waals surface area (Å²) < 4.78 is 1.96. The van der Waals surface area contributed by atoms with E-state index in [0.717, 1.165) is 58.7 Å². The number of H-pyrrole nitrogens is 1. The Morgan fingerprint density at radius 1 is 1.15 bits per heavy atom. The minimum atomic E-state index is -0.674. The Kier molecular flexibility index (Phi) is 4.51. The molecule has 33 heavy (non-hydrogen) atoms.